The number of aromatic nitrogens is 2. The molecule has 1 aromatic heterocycles. The van der Waals surface area contributed by atoms with Crippen molar-refractivity contribution in [2.24, 2.45) is 0 Å². The van der Waals surface area contributed by atoms with Crippen LogP contribution in [-0.4, -0.2) is 39.6 Å². The summed E-state index contributed by atoms with van der Waals surface area (Å²) < 4.78 is 79.7. The number of nitrogens with zero attached hydrogens (tertiary/aromatic N) is 2. The molecule has 0 aliphatic carbocycles. The van der Waals surface area contributed by atoms with E-state index in [0.29, 0.717) is 20.6 Å². The summed E-state index contributed by atoms with van der Waals surface area (Å²) in [6.07, 6.45) is -8.16. The molecule has 6 nitrogen and oxygen atoms in total. The molecule has 210 valence electrons. The predicted molar refractivity (Wildman–Crippen MR) is 145 cm³/mol. The predicted octanol–water partition coefficient (Wildman–Crippen LogP) is 6.62. The molecule has 14 heteroatoms. The molecule has 0 saturated carbocycles. The minimum atomic E-state index is -5.04. The number of carbonyl (C=O) groups excluding carboxylic acids is 2. The van der Waals surface area contributed by atoms with Gasteiger partial charge in [0.15, 0.2) is 5.69 Å². The van der Waals surface area contributed by atoms with Crippen LogP contribution < -0.4 is 10.6 Å². The van der Waals surface area contributed by atoms with E-state index in [4.69, 9.17) is 0 Å². The van der Waals surface area contributed by atoms with E-state index in [9.17, 15) is 35.9 Å². The Morgan fingerprint density at radius 1 is 1.05 bits per heavy atom. The van der Waals surface area contributed by atoms with Gasteiger partial charge in [0.25, 0.3) is 11.8 Å². The van der Waals surface area contributed by atoms with Crippen LogP contribution in [0.2, 0.25) is 0 Å². The molecule has 0 radical (unpaired) electrons. The van der Waals surface area contributed by atoms with Gasteiger partial charge in [0.1, 0.15) is 5.69 Å². The number of nitrogens with one attached hydrogen (secondary N) is 2. The molecule has 0 aliphatic rings. The number of halogens is 7. The highest BCUT2D eigenvalue weighted by Gasteiger charge is 2.41. The molecule has 2 aromatic carbocycles. The Hall–Kier alpha value is -2.75. The molecule has 2 N–H and O–H groups in total. The third kappa shape index (κ3) is 7.68. The van der Waals surface area contributed by atoms with Crippen LogP contribution in [-0.2, 0) is 18.9 Å². The zero-order valence-electron chi connectivity index (χ0n) is 20.8. The molecule has 3 aromatic rings. The summed E-state index contributed by atoms with van der Waals surface area (Å²) in [5, 5.41) is 8.67. The van der Waals surface area contributed by atoms with Gasteiger partial charge in [-0.2, -0.15) is 43.2 Å². The molecular weight excluding hydrogens is 661 g/mol. The summed E-state index contributed by atoms with van der Waals surface area (Å²) in [5.74, 6) is -0.298. The Bertz CT molecular complexity index is 1370. The fourth-order valence-corrected chi connectivity index (χ4v) is 5.09. The molecule has 0 unspecified atom stereocenters. The maximum absolute atomic E-state index is 13.3. The van der Waals surface area contributed by atoms with Crippen molar-refractivity contribution in [1.82, 2.24) is 15.1 Å². The van der Waals surface area contributed by atoms with Crippen molar-refractivity contribution < 1.29 is 35.9 Å². The van der Waals surface area contributed by atoms with Gasteiger partial charge in [-0.15, -0.1) is 0 Å². The maximum Gasteiger partial charge on any atom is 0.435 e. The number of thioether (sulfide) groups is 1. The highest BCUT2D eigenvalue weighted by atomic mass is 127. The van der Waals surface area contributed by atoms with E-state index in [0.717, 1.165) is 0 Å². The minimum absolute atomic E-state index is 0.0295. The first kappa shape index (κ1) is 30.8. The van der Waals surface area contributed by atoms with Crippen LogP contribution in [0.15, 0.2) is 42.5 Å². The number of aryl methyl sites for hydroxylation is 1. The second-order valence-electron chi connectivity index (χ2n) is 8.66. The average Bonchev–Trinajstić information content (AvgIpc) is 3.25. The standard InChI is InChI=1S/C25H23F6IN4O2S/c1-13-9-15(11-36-20(25(29,30)31)10-19(35-36)24(26,27)28)7-8-18(13)34-22(37)16-5-4-6-17(32)21(16)23(38)33-14(2)12-39-3/h4-10,14H,11-12H2,1-3H3,(H,33,38)(H,34,37)/t14-/m0/s1. The van der Waals surface area contributed by atoms with Crippen molar-refractivity contribution in [1.29, 1.82) is 0 Å². The second-order valence-corrected chi connectivity index (χ2v) is 10.7. The molecule has 0 saturated heterocycles. The quantitative estimate of drug-likeness (QED) is 0.207. The van der Waals surface area contributed by atoms with Crippen LogP contribution >= 0.6 is 34.4 Å². The van der Waals surface area contributed by atoms with Crippen LogP contribution in [0, 0.1) is 10.5 Å². The molecular formula is C25H23F6IN4O2S. The van der Waals surface area contributed by atoms with Gasteiger partial charge in [-0.05, 0) is 72.0 Å². The topological polar surface area (TPSA) is 76.0 Å². The van der Waals surface area contributed by atoms with Gasteiger partial charge in [0.2, 0.25) is 0 Å². The van der Waals surface area contributed by atoms with Gasteiger partial charge in [-0.3, -0.25) is 14.3 Å². The van der Waals surface area contributed by atoms with Gasteiger partial charge >= 0.3 is 12.4 Å². The molecule has 1 atom stereocenters. The molecule has 3 rings (SSSR count). The average molecular weight is 684 g/mol. The lowest BCUT2D eigenvalue weighted by molar-refractivity contribution is -0.144. The first-order valence-electron chi connectivity index (χ1n) is 11.3. The van der Waals surface area contributed by atoms with Gasteiger partial charge < -0.3 is 10.6 Å². The molecule has 0 aliphatic heterocycles. The summed E-state index contributed by atoms with van der Waals surface area (Å²) in [7, 11) is 0. The van der Waals surface area contributed by atoms with Crippen LogP contribution in [0.3, 0.4) is 0 Å². The van der Waals surface area contributed by atoms with Crippen LogP contribution in [0.4, 0.5) is 32.0 Å². The van der Waals surface area contributed by atoms with E-state index < -0.39 is 42.1 Å². The summed E-state index contributed by atoms with van der Waals surface area (Å²) in [4.78, 5) is 26.1. The van der Waals surface area contributed by atoms with Crippen LogP contribution in [0.1, 0.15) is 50.2 Å². The Labute approximate surface area is 238 Å². The monoisotopic (exact) mass is 684 g/mol. The number of hydrogen-bond acceptors (Lipinski definition) is 4. The molecule has 39 heavy (non-hydrogen) atoms. The van der Waals surface area contributed by atoms with Crippen molar-refractivity contribution in [3.8, 4) is 0 Å². The fraction of sp³-hybridized carbons (Fsp3) is 0.320. The van der Waals surface area contributed by atoms with Crippen molar-refractivity contribution in [2.45, 2.75) is 38.8 Å². The van der Waals surface area contributed by atoms with Gasteiger partial charge in [0.05, 0.1) is 17.7 Å². The third-order valence-corrected chi connectivity index (χ3v) is 7.24. The molecule has 0 bridgehead atoms. The first-order chi connectivity index (χ1) is 18.1. The molecule has 0 spiro atoms. The van der Waals surface area contributed by atoms with Crippen LogP contribution in [0.5, 0.6) is 0 Å². The molecule has 1 heterocycles. The fourth-order valence-electron chi connectivity index (χ4n) is 3.76. The van der Waals surface area contributed by atoms with Gasteiger partial charge in [-0.25, -0.2) is 0 Å². The lowest BCUT2D eigenvalue weighted by Crippen LogP contribution is -2.36. The number of hydrogen-bond donors (Lipinski definition) is 2. The smallest absolute Gasteiger partial charge is 0.349 e. The number of alkyl halides is 6. The van der Waals surface area contributed by atoms with E-state index in [-0.39, 0.29) is 33.5 Å². The van der Waals surface area contributed by atoms with E-state index >= 15 is 0 Å². The largest absolute Gasteiger partial charge is 0.435 e. The number of amides is 2. The van der Waals surface area contributed by atoms with Crippen LogP contribution in [0.25, 0.3) is 0 Å². The zero-order valence-corrected chi connectivity index (χ0v) is 23.8. The number of carbonyl (C=O) groups is 2. The van der Waals surface area contributed by atoms with Crippen molar-refractivity contribution in [3.05, 3.63) is 79.7 Å². The Morgan fingerprint density at radius 2 is 1.74 bits per heavy atom. The second kappa shape index (κ2) is 12.2. The van der Waals surface area contributed by atoms with Crippen molar-refractivity contribution in [3.63, 3.8) is 0 Å². The Balaban J connectivity index is 1.84. The molecule has 2 amide bonds. The highest BCUT2D eigenvalue weighted by Crippen LogP contribution is 2.35. The van der Waals surface area contributed by atoms with Gasteiger partial charge in [0, 0.05) is 27.1 Å². The third-order valence-electron chi connectivity index (χ3n) is 5.51. The minimum Gasteiger partial charge on any atom is -0.349 e. The lowest BCUT2D eigenvalue weighted by atomic mass is 10.0. The van der Waals surface area contributed by atoms with E-state index in [1.54, 1.807) is 30.8 Å². The molecule has 0 fully saturated rings. The van der Waals surface area contributed by atoms with E-state index in [1.807, 2.05) is 35.8 Å². The zero-order chi connectivity index (χ0) is 29.1. The summed E-state index contributed by atoms with van der Waals surface area (Å²) in [6, 6.07) is 8.92. The number of rotatable bonds is 8. The van der Waals surface area contributed by atoms with E-state index in [2.05, 4.69) is 15.7 Å². The Kier molecular flexibility index (Phi) is 9.62. The van der Waals surface area contributed by atoms with Gasteiger partial charge in [-0.1, -0.05) is 18.2 Å². The van der Waals surface area contributed by atoms with Crippen molar-refractivity contribution >= 4 is 51.9 Å². The maximum atomic E-state index is 13.3. The lowest BCUT2D eigenvalue weighted by Gasteiger charge is -2.17. The summed E-state index contributed by atoms with van der Waals surface area (Å²) in [6.45, 7) is 2.86. The highest BCUT2D eigenvalue weighted by molar-refractivity contribution is 14.1. The first-order valence-corrected chi connectivity index (χ1v) is 13.8. The summed E-state index contributed by atoms with van der Waals surface area (Å²) in [5.41, 5.74) is -1.83. The SMILES string of the molecule is CSC[C@H](C)NC(=O)c1c(I)cccc1C(=O)Nc1ccc(Cn2nc(C(F)(F)F)cc2C(F)(F)F)cc1C. The van der Waals surface area contributed by atoms with E-state index in [1.165, 1.54) is 24.3 Å². The number of anilines is 1. The van der Waals surface area contributed by atoms with Crippen molar-refractivity contribution in [2.75, 3.05) is 17.3 Å². The Morgan fingerprint density at radius 3 is 2.33 bits per heavy atom. The summed E-state index contributed by atoms with van der Waals surface area (Å²) >= 11 is 3.53. The number of benzene rings is 2. The normalized spacial score (nSPS) is 12.8.